The van der Waals surface area contributed by atoms with Gasteiger partial charge in [-0.3, -0.25) is 4.99 Å². The highest BCUT2D eigenvalue weighted by Gasteiger charge is 2.30. The Morgan fingerprint density at radius 2 is 1.80 bits per heavy atom. The number of aliphatic imine (C=N–C) groups is 1. The monoisotopic (exact) mass is 351 g/mol. The molecule has 4 nitrogen and oxygen atoms in total. The predicted molar refractivity (Wildman–Crippen MR) is 91.6 cm³/mol. The van der Waals surface area contributed by atoms with Crippen molar-refractivity contribution in [2.45, 2.75) is 12.7 Å². The van der Waals surface area contributed by atoms with Gasteiger partial charge in [0.1, 0.15) is 12.4 Å². The molecule has 0 amide bonds. The van der Waals surface area contributed by atoms with Crippen molar-refractivity contribution in [2.24, 2.45) is 4.99 Å². The topological polar surface area (TPSA) is 45.7 Å². The first kappa shape index (κ1) is 18.6. The van der Waals surface area contributed by atoms with Crippen molar-refractivity contribution < 1.29 is 17.9 Å². The van der Waals surface area contributed by atoms with Gasteiger partial charge in [-0.2, -0.15) is 13.2 Å². The number of para-hydroxylation sites is 1. The van der Waals surface area contributed by atoms with Gasteiger partial charge in [0, 0.05) is 13.6 Å². The molecule has 7 heteroatoms. The fourth-order valence-electron chi connectivity index (χ4n) is 2.12. The molecule has 134 valence electrons. The Morgan fingerprint density at radius 1 is 1.04 bits per heavy atom. The highest BCUT2D eigenvalue weighted by molar-refractivity contribution is 5.79. The number of guanidine groups is 1. The third-order valence-corrected chi connectivity index (χ3v) is 3.34. The second kappa shape index (κ2) is 8.96. The van der Waals surface area contributed by atoms with Crippen molar-refractivity contribution >= 4 is 5.96 Å². The van der Waals surface area contributed by atoms with E-state index in [9.17, 15) is 13.2 Å². The first-order chi connectivity index (χ1) is 12.0. The number of hydrogen-bond donors (Lipinski definition) is 2. The molecule has 25 heavy (non-hydrogen) atoms. The van der Waals surface area contributed by atoms with Gasteiger partial charge in [0.2, 0.25) is 0 Å². The lowest BCUT2D eigenvalue weighted by atomic mass is 10.1. The van der Waals surface area contributed by atoms with E-state index in [0.29, 0.717) is 24.7 Å². The minimum atomic E-state index is -4.34. The zero-order valence-electron chi connectivity index (χ0n) is 13.8. The first-order valence-corrected chi connectivity index (χ1v) is 7.77. The van der Waals surface area contributed by atoms with E-state index in [0.717, 1.165) is 17.9 Å². The Labute approximate surface area is 144 Å². The van der Waals surface area contributed by atoms with Crippen LogP contribution in [0.15, 0.2) is 59.6 Å². The Kier molecular flexibility index (Phi) is 6.68. The Bertz CT molecular complexity index is 687. The Hall–Kier alpha value is -2.70. The molecule has 0 aliphatic carbocycles. The molecule has 0 aromatic heterocycles. The van der Waals surface area contributed by atoms with Crippen LogP contribution in [0.25, 0.3) is 0 Å². The van der Waals surface area contributed by atoms with Crippen LogP contribution < -0.4 is 15.4 Å². The molecule has 0 unspecified atom stereocenters. The van der Waals surface area contributed by atoms with Gasteiger partial charge in [-0.05, 0) is 29.8 Å². The summed E-state index contributed by atoms with van der Waals surface area (Å²) < 4.78 is 43.7. The Balaban J connectivity index is 1.77. The van der Waals surface area contributed by atoms with Crippen LogP contribution in [0.1, 0.15) is 11.1 Å². The molecule has 2 aromatic rings. The van der Waals surface area contributed by atoms with Crippen molar-refractivity contribution in [3.63, 3.8) is 0 Å². The number of alkyl halides is 3. The van der Waals surface area contributed by atoms with E-state index in [1.54, 1.807) is 13.1 Å². The summed E-state index contributed by atoms with van der Waals surface area (Å²) in [7, 11) is 1.60. The van der Waals surface area contributed by atoms with E-state index in [2.05, 4.69) is 15.6 Å². The molecule has 2 rings (SSSR count). The van der Waals surface area contributed by atoms with Crippen LogP contribution in [0.3, 0.4) is 0 Å². The SMILES string of the molecule is CN=C(NCCOc1ccccc1)NCc1cccc(C(F)(F)F)c1. The summed E-state index contributed by atoms with van der Waals surface area (Å²) in [5.74, 6) is 1.27. The molecule has 0 saturated carbocycles. The van der Waals surface area contributed by atoms with Gasteiger partial charge in [-0.25, -0.2) is 0 Å². The normalized spacial score (nSPS) is 11.9. The predicted octanol–water partition coefficient (Wildman–Crippen LogP) is 3.45. The minimum Gasteiger partial charge on any atom is -0.492 e. The number of hydrogen-bond acceptors (Lipinski definition) is 2. The second-order valence-electron chi connectivity index (χ2n) is 5.21. The molecule has 2 aromatic carbocycles. The van der Waals surface area contributed by atoms with Crippen LogP contribution in [0, 0.1) is 0 Å². The zero-order valence-corrected chi connectivity index (χ0v) is 13.8. The van der Waals surface area contributed by atoms with E-state index in [1.165, 1.54) is 6.07 Å². The molecule has 0 fully saturated rings. The third kappa shape index (κ3) is 6.37. The number of ether oxygens (including phenoxy) is 1. The lowest BCUT2D eigenvalue weighted by molar-refractivity contribution is -0.137. The van der Waals surface area contributed by atoms with E-state index in [1.807, 2.05) is 30.3 Å². The number of benzene rings is 2. The fourth-order valence-corrected chi connectivity index (χ4v) is 2.12. The molecule has 0 spiro atoms. The fraction of sp³-hybridized carbons (Fsp3) is 0.278. The molecule has 0 aliphatic rings. The van der Waals surface area contributed by atoms with Crippen molar-refractivity contribution in [3.05, 3.63) is 65.7 Å². The van der Waals surface area contributed by atoms with Crippen LogP contribution >= 0.6 is 0 Å². The van der Waals surface area contributed by atoms with Crippen LogP contribution in [-0.2, 0) is 12.7 Å². The first-order valence-electron chi connectivity index (χ1n) is 7.77. The van der Waals surface area contributed by atoms with Crippen molar-refractivity contribution in [1.29, 1.82) is 0 Å². The van der Waals surface area contributed by atoms with Crippen LogP contribution in [0.4, 0.5) is 13.2 Å². The van der Waals surface area contributed by atoms with Gasteiger partial charge >= 0.3 is 6.18 Å². The summed E-state index contributed by atoms with van der Waals surface area (Å²) in [6, 6.07) is 14.6. The Morgan fingerprint density at radius 3 is 2.48 bits per heavy atom. The summed E-state index contributed by atoms with van der Waals surface area (Å²) in [6.45, 7) is 1.19. The van der Waals surface area contributed by atoms with Crippen molar-refractivity contribution in [1.82, 2.24) is 10.6 Å². The van der Waals surface area contributed by atoms with Crippen molar-refractivity contribution in [3.8, 4) is 5.75 Å². The van der Waals surface area contributed by atoms with E-state index in [-0.39, 0.29) is 6.54 Å². The lowest BCUT2D eigenvalue weighted by Crippen LogP contribution is -2.38. The van der Waals surface area contributed by atoms with Gasteiger partial charge in [-0.15, -0.1) is 0 Å². The van der Waals surface area contributed by atoms with E-state index < -0.39 is 11.7 Å². The third-order valence-electron chi connectivity index (χ3n) is 3.34. The van der Waals surface area contributed by atoms with Gasteiger partial charge in [0.15, 0.2) is 5.96 Å². The number of halogens is 3. The van der Waals surface area contributed by atoms with Crippen molar-refractivity contribution in [2.75, 3.05) is 20.2 Å². The molecule has 2 N–H and O–H groups in total. The van der Waals surface area contributed by atoms with E-state index in [4.69, 9.17) is 4.74 Å². The number of nitrogens with zero attached hydrogens (tertiary/aromatic N) is 1. The summed E-state index contributed by atoms with van der Waals surface area (Å²) in [6.07, 6.45) is -4.34. The molecule has 0 heterocycles. The van der Waals surface area contributed by atoms with Gasteiger partial charge in [0.05, 0.1) is 12.1 Å². The summed E-state index contributed by atoms with van der Waals surface area (Å²) in [5.41, 5.74) is -0.135. The van der Waals surface area contributed by atoms with Gasteiger partial charge < -0.3 is 15.4 Å². The van der Waals surface area contributed by atoms with Gasteiger partial charge in [0.25, 0.3) is 0 Å². The zero-order chi connectivity index (χ0) is 18.1. The summed E-state index contributed by atoms with van der Waals surface area (Å²) in [5, 5.41) is 6.03. The average Bonchev–Trinajstić information content (AvgIpc) is 2.61. The van der Waals surface area contributed by atoms with Crippen LogP contribution in [-0.4, -0.2) is 26.2 Å². The summed E-state index contributed by atoms with van der Waals surface area (Å²) >= 11 is 0. The average molecular weight is 351 g/mol. The molecule has 0 saturated heterocycles. The highest BCUT2D eigenvalue weighted by Crippen LogP contribution is 2.29. The largest absolute Gasteiger partial charge is 0.492 e. The lowest BCUT2D eigenvalue weighted by Gasteiger charge is -2.13. The highest BCUT2D eigenvalue weighted by atomic mass is 19.4. The second-order valence-corrected chi connectivity index (χ2v) is 5.21. The maximum atomic E-state index is 12.7. The molecular weight excluding hydrogens is 331 g/mol. The van der Waals surface area contributed by atoms with Crippen LogP contribution in [0.5, 0.6) is 5.75 Å². The molecule has 0 atom stereocenters. The number of nitrogens with one attached hydrogen (secondary N) is 2. The summed E-state index contributed by atoms with van der Waals surface area (Å²) in [4.78, 5) is 4.04. The van der Waals surface area contributed by atoms with E-state index >= 15 is 0 Å². The maximum absolute atomic E-state index is 12.7. The standard InChI is InChI=1S/C18H20F3N3O/c1-22-17(23-10-11-25-16-8-3-2-4-9-16)24-13-14-6-5-7-15(12-14)18(19,20)21/h2-9,12H,10-11,13H2,1H3,(H2,22,23,24). The van der Waals surface area contributed by atoms with Crippen LogP contribution in [0.2, 0.25) is 0 Å². The van der Waals surface area contributed by atoms with Gasteiger partial charge in [-0.1, -0.05) is 30.3 Å². The molecule has 0 aliphatic heterocycles. The molecular formula is C18H20F3N3O. The number of rotatable bonds is 6. The molecule has 0 radical (unpaired) electrons. The molecule has 0 bridgehead atoms. The smallest absolute Gasteiger partial charge is 0.416 e. The quantitative estimate of drug-likeness (QED) is 0.476. The maximum Gasteiger partial charge on any atom is 0.416 e. The minimum absolute atomic E-state index is 0.239.